The van der Waals surface area contributed by atoms with Crippen LogP contribution in [0, 0.1) is 11.1 Å². The third kappa shape index (κ3) is 4.71. The highest BCUT2D eigenvalue weighted by molar-refractivity contribution is 7.89. The summed E-state index contributed by atoms with van der Waals surface area (Å²) in [6.45, 7) is -0.334. The van der Waals surface area contributed by atoms with E-state index in [1.165, 1.54) is 22.8 Å². The molecule has 200 valence electrons. The molecule has 2 aromatic heterocycles. The van der Waals surface area contributed by atoms with Crippen LogP contribution in [0.15, 0.2) is 78.2 Å². The summed E-state index contributed by atoms with van der Waals surface area (Å²) in [5.41, 5.74) is 1.50. The molecule has 0 saturated carbocycles. The maximum Gasteiger partial charge on any atom is 0.243 e. The van der Waals surface area contributed by atoms with Gasteiger partial charge in [-0.15, -0.1) is 0 Å². The number of halogens is 1. The third-order valence-corrected chi connectivity index (χ3v) is 9.50. The van der Waals surface area contributed by atoms with Gasteiger partial charge in [-0.2, -0.15) is 4.31 Å². The fraction of sp³-hybridized carbons (Fsp3) is 0.259. The first kappa shape index (κ1) is 25.9. The third-order valence-electron chi connectivity index (χ3n) is 7.43. The molecule has 0 aliphatic carbocycles. The average molecular weight is 565 g/mol. The van der Waals surface area contributed by atoms with Gasteiger partial charge < -0.3 is 15.4 Å². The molecule has 2 bridgehead atoms. The molecule has 2 aliphatic rings. The second-order valence-corrected chi connectivity index (χ2v) is 12.2. The van der Waals surface area contributed by atoms with E-state index in [-0.39, 0.29) is 30.2 Å². The molecule has 4 heterocycles. The Morgan fingerprint density at radius 2 is 1.67 bits per heavy atom. The van der Waals surface area contributed by atoms with Gasteiger partial charge in [-0.3, -0.25) is 9.78 Å². The van der Waals surface area contributed by atoms with Crippen LogP contribution in [0.5, 0.6) is 0 Å². The van der Waals surface area contributed by atoms with Gasteiger partial charge in [-0.1, -0.05) is 23.7 Å². The van der Waals surface area contributed by atoms with E-state index >= 15 is 0 Å². The normalized spacial score (nSPS) is 24.1. The number of carbonyl (C=O) groups is 1. The van der Waals surface area contributed by atoms with Gasteiger partial charge in [-0.05, 0) is 59.2 Å². The van der Waals surface area contributed by atoms with Gasteiger partial charge >= 0.3 is 0 Å². The topological polar surface area (TPSA) is 140 Å². The van der Waals surface area contributed by atoms with Crippen molar-refractivity contribution in [2.75, 3.05) is 13.1 Å². The van der Waals surface area contributed by atoms with E-state index in [2.05, 4.69) is 15.0 Å². The van der Waals surface area contributed by atoms with Crippen LogP contribution in [0.2, 0.25) is 5.02 Å². The molecule has 2 aromatic carbocycles. The molecule has 2 aliphatic heterocycles. The number of nitrogens with zero attached hydrogens (tertiary/aromatic N) is 5. The lowest BCUT2D eigenvalue weighted by Gasteiger charge is -2.57. The van der Waals surface area contributed by atoms with Crippen molar-refractivity contribution in [1.82, 2.24) is 24.3 Å². The summed E-state index contributed by atoms with van der Waals surface area (Å²) in [5, 5.41) is 26.8. The summed E-state index contributed by atoms with van der Waals surface area (Å²) in [6.07, 6.45) is 5.06. The van der Waals surface area contributed by atoms with E-state index in [1.54, 1.807) is 54.9 Å². The summed E-state index contributed by atoms with van der Waals surface area (Å²) in [4.78, 5) is 25.9. The Hall–Kier alpha value is -3.32. The van der Waals surface area contributed by atoms with E-state index in [4.69, 9.17) is 11.6 Å². The Morgan fingerprint density at radius 1 is 0.974 bits per heavy atom. The Bertz CT molecular complexity index is 1650. The molecule has 2 saturated heterocycles. The zero-order valence-corrected chi connectivity index (χ0v) is 22.0. The smallest absolute Gasteiger partial charge is 0.243 e. The van der Waals surface area contributed by atoms with Crippen LogP contribution in [-0.4, -0.2) is 74.9 Å². The number of Topliss-reactive ketones (excluding diaryl/α,β-unsaturated/α-hetero) is 1. The van der Waals surface area contributed by atoms with Crippen molar-refractivity contribution in [2.45, 2.75) is 29.5 Å². The van der Waals surface area contributed by atoms with Crippen molar-refractivity contribution in [1.29, 1.82) is 0 Å². The van der Waals surface area contributed by atoms with E-state index in [0.29, 0.717) is 16.0 Å². The second kappa shape index (κ2) is 10.0. The van der Waals surface area contributed by atoms with Gasteiger partial charge in [-0.25, -0.2) is 18.4 Å². The number of benzene rings is 2. The highest BCUT2D eigenvalue weighted by Crippen LogP contribution is 2.36. The number of sulfonamides is 1. The summed E-state index contributed by atoms with van der Waals surface area (Å²) in [7, 11) is -3.99. The lowest BCUT2D eigenvalue weighted by molar-refractivity contribution is -0.0471. The molecule has 6 rings (SSSR count). The first-order chi connectivity index (χ1) is 18.7. The Kier molecular flexibility index (Phi) is 6.66. The average Bonchev–Trinajstić information content (AvgIpc) is 2.94. The standard InChI is InChI=1S/C27H23ClN5O5S/c28-20-3-1-18-10-22(4-2-17(18)9-20)39(37,38)32-14-21-11-24(34)25(23(15-32)33(21)36)26(35)27-30-12-19(13-31-27)16-5-7-29-8-6-16/h1-10,12-13,21,23-25,34H,11,14-15H2/q-1. The number of aliphatic hydroxyl groups excluding tert-OH is 1. The van der Waals surface area contributed by atoms with Crippen molar-refractivity contribution in [3.05, 3.63) is 89.4 Å². The van der Waals surface area contributed by atoms with Crippen LogP contribution in [0.3, 0.4) is 0 Å². The van der Waals surface area contributed by atoms with E-state index in [9.17, 15) is 23.5 Å². The zero-order valence-electron chi connectivity index (χ0n) is 20.5. The molecule has 10 nitrogen and oxygen atoms in total. The molecule has 1 N–H and O–H groups in total. The Morgan fingerprint density at radius 3 is 2.41 bits per heavy atom. The number of rotatable bonds is 5. The van der Waals surface area contributed by atoms with Gasteiger partial charge in [0.15, 0.2) is 5.82 Å². The van der Waals surface area contributed by atoms with Crippen molar-refractivity contribution in [3.63, 3.8) is 0 Å². The number of aliphatic hydroxyl groups is 1. The minimum atomic E-state index is -3.99. The van der Waals surface area contributed by atoms with Gasteiger partial charge in [0, 0.05) is 60.5 Å². The molecular formula is C27H23ClN5O5S-. The minimum absolute atomic E-state index is 0.0479. The molecule has 0 spiro atoms. The Labute approximate surface area is 229 Å². The van der Waals surface area contributed by atoms with Crippen molar-refractivity contribution >= 4 is 38.2 Å². The molecule has 4 atom stereocenters. The Balaban J connectivity index is 1.27. The number of fused-ring (bicyclic) bond motifs is 3. The number of aromatic nitrogens is 3. The summed E-state index contributed by atoms with van der Waals surface area (Å²) < 4.78 is 28.5. The van der Waals surface area contributed by atoms with Crippen LogP contribution in [0.4, 0.5) is 0 Å². The molecule has 39 heavy (non-hydrogen) atoms. The van der Waals surface area contributed by atoms with Gasteiger partial charge in [0.25, 0.3) is 0 Å². The van der Waals surface area contributed by atoms with E-state index in [0.717, 1.165) is 16.0 Å². The zero-order chi connectivity index (χ0) is 27.3. The second-order valence-electron chi connectivity index (χ2n) is 9.78. The lowest BCUT2D eigenvalue weighted by atomic mass is 9.79. The largest absolute Gasteiger partial charge is 0.785 e. The predicted molar refractivity (Wildman–Crippen MR) is 144 cm³/mol. The number of piperazine rings is 1. The van der Waals surface area contributed by atoms with Crippen molar-refractivity contribution in [3.8, 4) is 11.1 Å². The number of piperidine rings is 1. The van der Waals surface area contributed by atoms with Gasteiger partial charge in [0.2, 0.25) is 15.8 Å². The quantitative estimate of drug-likeness (QED) is 0.362. The monoisotopic (exact) mass is 564 g/mol. The van der Waals surface area contributed by atoms with Gasteiger partial charge in [0.05, 0.1) is 16.9 Å². The highest BCUT2D eigenvalue weighted by atomic mass is 35.5. The molecule has 12 heteroatoms. The van der Waals surface area contributed by atoms with E-state index in [1.807, 2.05) is 0 Å². The van der Waals surface area contributed by atoms with Crippen LogP contribution in [0.25, 0.3) is 21.9 Å². The molecular weight excluding hydrogens is 542 g/mol. The van der Waals surface area contributed by atoms with Crippen LogP contribution < -0.4 is 0 Å². The number of hydrogen-bond acceptors (Lipinski definition) is 9. The highest BCUT2D eigenvalue weighted by Gasteiger charge is 2.49. The summed E-state index contributed by atoms with van der Waals surface area (Å²) >= 11 is 6.05. The first-order valence-electron chi connectivity index (χ1n) is 12.3. The minimum Gasteiger partial charge on any atom is -0.785 e. The van der Waals surface area contributed by atoms with Crippen molar-refractivity contribution in [2.24, 2.45) is 5.92 Å². The first-order valence-corrected chi connectivity index (χ1v) is 14.1. The molecule has 0 amide bonds. The number of hydrogen-bond donors (Lipinski definition) is 1. The van der Waals surface area contributed by atoms with Gasteiger partial charge in [0.1, 0.15) is 0 Å². The van der Waals surface area contributed by atoms with Crippen LogP contribution in [-0.2, 0) is 10.0 Å². The van der Waals surface area contributed by atoms with Crippen LogP contribution >= 0.6 is 11.6 Å². The lowest BCUT2D eigenvalue weighted by Crippen LogP contribution is -2.67. The predicted octanol–water partition coefficient (Wildman–Crippen LogP) is 3.15. The molecule has 0 radical (unpaired) electrons. The van der Waals surface area contributed by atoms with E-state index < -0.39 is 39.9 Å². The summed E-state index contributed by atoms with van der Waals surface area (Å²) in [6, 6.07) is 11.6. The van der Waals surface area contributed by atoms with Crippen molar-refractivity contribution < 1.29 is 18.3 Å². The maximum absolute atomic E-state index is 13.6. The SMILES string of the molecule is O=C(c1ncc(-c2ccncc2)cn1)C1C(O)CC2CN(S(=O)(=O)c3ccc4cc(Cl)ccc4c3)CC1N2[O-]. The maximum atomic E-state index is 13.6. The fourth-order valence-corrected chi connectivity index (χ4v) is 7.14. The number of hydroxylamine groups is 2. The molecule has 4 unspecified atom stereocenters. The number of carbonyl (C=O) groups excluding carboxylic acids is 1. The molecule has 2 fully saturated rings. The summed E-state index contributed by atoms with van der Waals surface area (Å²) in [5.74, 6) is -1.92. The molecule has 4 aromatic rings. The fourth-order valence-electron chi connectivity index (χ4n) is 5.43. The number of pyridine rings is 1. The van der Waals surface area contributed by atoms with Crippen LogP contribution in [0.1, 0.15) is 17.0 Å². The number of ketones is 1.